The van der Waals surface area contributed by atoms with E-state index in [9.17, 15) is 4.79 Å². The number of rotatable bonds is 2. The van der Waals surface area contributed by atoms with Gasteiger partial charge in [-0.2, -0.15) is 0 Å². The predicted molar refractivity (Wildman–Crippen MR) is 66.8 cm³/mol. The lowest BCUT2D eigenvalue weighted by Gasteiger charge is -2.21. The maximum Gasteiger partial charge on any atom is 0.166 e. The monoisotopic (exact) mass is 216 g/mol. The van der Waals surface area contributed by atoms with E-state index in [1.54, 1.807) is 0 Å². The molecule has 16 heavy (non-hydrogen) atoms. The van der Waals surface area contributed by atoms with Gasteiger partial charge in [-0.1, -0.05) is 37.5 Å². The van der Waals surface area contributed by atoms with Crippen LogP contribution in [-0.2, 0) is 0 Å². The number of hydrogen-bond acceptors (Lipinski definition) is 1. The van der Waals surface area contributed by atoms with Gasteiger partial charge in [0.1, 0.15) is 0 Å². The second-order valence-corrected chi connectivity index (χ2v) is 4.95. The SMILES string of the molecule is Cc1cccc(C(=O)C2CCCCC2)c1C. The Morgan fingerprint density at radius 3 is 2.50 bits per heavy atom. The summed E-state index contributed by atoms with van der Waals surface area (Å²) in [6.07, 6.45) is 5.93. The molecule has 0 radical (unpaired) electrons. The first-order valence-electron chi connectivity index (χ1n) is 6.30. The molecule has 0 atom stereocenters. The van der Waals surface area contributed by atoms with Crippen molar-refractivity contribution in [3.05, 3.63) is 34.9 Å². The van der Waals surface area contributed by atoms with Crippen molar-refractivity contribution in [2.75, 3.05) is 0 Å². The summed E-state index contributed by atoms with van der Waals surface area (Å²) < 4.78 is 0. The van der Waals surface area contributed by atoms with Gasteiger partial charge in [0, 0.05) is 11.5 Å². The van der Waals surface area contributed by atoms with E-state index in [-0.39, 0.29) is 5.92 Å². The van der Waals surface area contributed by atoms with Crippen LogP contribution in [0.2, 0.25) is 0 Å². The van der Waals surface area contributed by atoms with E-state index >= 15 is 0 Å². The van der Waals surface area contributed by atoms with Crippen molar-refractivity contribution in [1.82, 2.24) is 0 Å². The van der Waals surface area contributed by atoms with E-state index in [1.807, 2.05) is 12.1 Å². The molecule has 1 aromatic rings. The molecule has 1 aromatic carbocycles. The minimum atomic E-state index is 0.286. The second-order valence-electron chi connectivity index (χ2n) is 4.95. The Bertz CT molecular complexity index is 386. The highest BCUT2D eigenvalue weighted by molar-refractivity contribution is 5.99. The lowest BCUT2D eigenvalue weighted by Crippen LogP contribution is -2.18. The molecule has 1 heteroatoms. The van der Waals surface area contributed by atoms with Gasteiger partial charge in [0.05, 0.1) is 0 Å². The molecule has 86 valence electrons. The van der Waals surface area contributed by atoms with Crippen molar-refractivity contribution in [3.8, 4) is 0 Å². The van der Waals surface area contributed by atoms with E-state index < -0.39 is 0 Å². The maximum atomic E-state index is 12.4. The molecule has 0 aromatic heterocycles. The zero-order chi connectivity index (χ0) is 11.5. The molecular formula is C15H20O. The Balaban J connectivity index is 2.22. The summed E-state index contributed by atoms with van der Waals surface area (Å²) in [5.74, 6) is 0.662. The predicted octanol–water partition coefficient (Wildman–Crippen LogP) is 4.07. The van der Waals surface area contributed by atoms with Crippen LogP contribution in [0.4, 0.5) is 0 Å². The minimum Gasteiger partial charge on any atom is -0.294 e. The molecule has 1 aliphatic rings. The van der Waals surface area contributed by atoms with Crippen molar-refractivity contribution < 1.29 is 4.79 Å². The zero-order valence-corrected chi connectivity index (χ0v) is 10.3. The molecule has 0 spiro atoms. The van der Waals surface area contributed by atoms with Gasteiger partial charge >= 0.3 is 0 Å². The van der Waals surface area contributed by atoms with Crippen LogP contribution in [0, 0.1) is 19.8 Å². The normalized spacial score (nSPS) is 17.4. The molecule has 0 bridgehead atoms. The molecular weight excluding hydrogens is 196 g/mol. The standard InChI is InChI=1S/C15H20O/c1-11-7-6-10-14(12(11)2)15(16)13-8-4-3-5-9-13/h6-7,10,13H,3-5,8-9H2,1-2H3. The Hall–Kier alpha value is -1.11. The summed E-state index contributed by atoms with van der Waals surface area (Å²) in [6.45, 7) is 4.14. The Labute approximate surface area is 97.9 Å². The van der Waals surface area contributed by atoms with Crippen LogP contribution in [0.15, 0.2) is 18.2 Å². The first-order chi connectivity index (χ1) is 7.70. The summed E-state index contributed by atoms with van der Waals surface area (Å²) in [6, 6.07) is 6.06. The van der Waals surface area contributed by atoms with Crippen molar-refractivity contribution in [2.24, 2.45) is 5.92 Å². The van der Waals surface area contributed by atoms with Gasteiger partial charge in [-0.25, -0.2) is 0 Å². The Morgan fingerprint density at radius 1 is 1.12 bits per heavy atom. The van der Waals surface area contributed by atoms with Gasteiger partial charge in [-0.05, 0) is 37.8 Å². The second kappa shape index (κ2) is 4.82. The molecule has 1 nitrogen and oxygen atoms in total. The van der Waals surface area contributed by atoms with Gasteiger partial charge in [0.25, 0.3) is 0 Å². The van der Waals surface area contributed by atoms with Crippen LogP contribution in [0.1, 0.15) is 53.6 Å². The smallest absolute Gasteiger partial charge is 0.166 e. The fourth-order valence-corrected chi connectivity index (χ4v) is 2.60. The highest BCUT2D eigenvalue weighted by Crippen LogP contribution is 2.28. The number of carbonyl (C=O) groups excluding carboxylic acids is 1. The number of benzene rings is 1. The van der Waals surface area contributed by atoms with Crippen LogP contribution >= 0.6 is 0 Å². The largest absolute Gasteiger partial charge is 0.294 e. The highest BCUT2D eigenvalue weighted by atomic mass is 16.1. The molecule has 0 amide bonds. The first-order valence-corrected chi connectivity index (χ1v) is 6.30. The van der Waals surface area contributed by atoms with Gasteiger partial charge in [0.2, 0.25) is 0 Å². The molecule has 0 aliphatic heterocycles. The number of hydrogen-bond donors (Lipinski definition) is 0. The average molecular weight is 216 g/mol. The van der Waals surface area contributed by atoms with Crippen molar-refractivity contribution in [1.29, 1.82) is 0 Å². The van der Waals surface area contributed by atoms with E-state index in [1.165, 1.54) is 24.8 Å². The quantitative estimate of drug-likeness (QED) is 0.681. The Kier molecular flexibility index (Phi) is 3.42. The molecule has 0 heterocycles. The maximum absolute atomic E-state index is 12.4. The summed E-state index contributed by atoms with van der Waals surface area (Å²) in [5.41, 5.74) is 3.34. The van der Waals surface area contributed by atoms with Crippen molar-refractivity contribution >= 4 is 5.78 Å². The van der Waals surface area contributed by atoms with Crippen LogP contribution in [0.5, 0.6) is 0 Å². The molecule has 2 rings (SSSR count). The number of aryl methyl sites for hydroxylation is 1. The molecule has 1 aliphatic carbocycles. The first kappa shape index (κ1) is 11.4. The third kappa shape index (κ3) is 2.18. The van der Waals surface area contributed by atoms with Crippen molar-refractivity contribution in [2.45, 2.75) is 46.0 Å². The molecule has 0 saturated heterocycles. The van der Waals surface area contributed by atoms with Gasteiger partial charge in [0.15, 0.2) is 5.78 Å². The Morgan fingerprint density at radius 2 is 1.81 bits per heavy atom. The lowest BCUT2D eigenvalue weighted by molar-refractivity contribution is 0.0889. The minimum absolute atomic E-state index is 0.286. The molecule has 1 saturated carbocycles. The summed E-state index contributed by atoms with van der Waals surface area (Å²) in [5, 5.41) is 0. The third-order valence-electron chi connectivity index (χ3n) is 3.85. The van der Waals surface area contributed by atoms with E-state index in [0.29, 0.717) is 5.78 Å². The average Bonchev–Trinajstić information content (AvgIpc) is 2.33. The fraction of sp³-hybridized carbons (Fsp3) is 0.533. The van der Waals surface area contributed by atoms with E-state index in [4.69, 9.17) is 0 Å². The summed E-state index contributed by atoms with van der Waals surface area (Å²) in [4.78, 5) is 12.4. The molecule has 0 unspecified atom stereocenters. The number of carbonyl (C=O) groups is 1. The van der Waals surface area contributed by atoms with E-state index in [2.05, 4.69) is 19.9 Å². The van der Waals surface area contributed by atoms with Gasteiger partial charge in [-0.15, -0.1) is 0 Å². The number of ketones is 1. The lowest BCUT2D eigenvalue weighted by atomic mass is 9.82. The summed E-state index contributed by atoms with van der Waals surface area (Å²) in [7, 11) is 0. The van der Waals surface area contributed by atoms with Crippen LogP contribution in [0.3, 0.4) is 0 Å². The van der Waals surface area contributed by atoms with Crippen molar-refractivity contribution in [3.63, 3.8) is 0 Å². The fourth-order valence-electron chi connectivity index (χ4n) is 2.60. The van der Waals surface area contributed by atoms with E-state index in [0.717, 1.165) is 24.0 Å². The molecule has 0 N–H and O–H groups in total. The molecule has 1 fully saturated rings. The summed E-state index contributed by atoms with van der Waals surface area (Å²) >= 11 is 0. The zero-order valence-electron chi connectivity index (χ0n) is 10.3. The van der Waals surface area contributed by atoms with Gasteiger partial charge in [-0.3, -0.25) is 4.79 Å². The highest BCUT2D eigenvalue weighted by Gasteiger charge is 2.23. The van der Waals surface area contributed by atoms with Crippen LogP contribution in [0.25, 0.3) is 0 Å². The van der Waals surface area contributed by atoms with Crippen LogP contribution < -0.4 is 0 Å². The van der Waals surface area contributed by atoms with Gasteiger partial charge < -0.3 is 0 Å². The van der Waals surface area contributed by atoms with Crippen LogP contribution in [-0.4, -0.2) is 5.78 Å². The number of Topliss-reactive ketones (excluding diaryl/α,β-unsaturated/α-hetero) is 1. The third-order valence-corrected chi connectivity index (χ3v) is 3.85. The topological polar surface area (TPSA) is 17.1 Å².